The van der Waals surface area contributed by atoms with E-state index in [1.807, 2.05) is 32.0 Å². The minimum absolute atomic E-state index is 0.0781. The van der Waals surface area contributed by atoms with Gasteiger partial charge in [-0.3, -0.25) is 9.59 Å². The molecule has 0 aromatic heterocycles. The first kappa shape index (κ1) is 19.0. The van der Waals surface area contributed by atoms with Crippen LogP contribution in [0.25, 0.3) is 0 Å². The molecule has 6 nitrogen and oxygen atoms in total. The van der Waals surface area contributed by atoms with Crippen LogP contribution < -0.4 is 15.5 Å². The molecule has 0 saturated carbocycles. The number of hydrogen-bond donors (Lipinski definition) is 2. The molecule has 6 heteroatoms. The van der Waals surface area contributed by atoms with Crippen LogP contribution in [0.4, 0.5) is 11.4 Å². The van der Waals surface area contributed by atoms with Gasteiger partial charge in [0.2, 0.25) is 5.91 Å². The smallest absolute Gasteiger partial charge is 0.253 e. The number of carbonyl (C=O) groups is 2. The first-order valence-corrected chi connectivity index (χ1v) is 7.96. The molecule has 1 aromatic rings. The molecule has 0 aliphatic heterocycles. The van der Waals surface area contributed by atoms with Crippen molar-refractivity contribution in [1.82, 2.24) is 5.32 Å². The van der Waals surface area contributed by atoms with E-state index >= 15 is 0 Å². The van der Waals surface area contributed by atoms with Gasteiger partial charge in [-0.2, -0.15) is 0 Å². The second-order valence-corrected chi connectivity index (χ2v) is 5.33. The van der Waals surface area contributed by atoms with Gasteiger partial charge in [-0.15, -0.1) is 0 Å². The lowest BCUT2D eigenvalue weighted by Crippen LogP contribution is -2.27. The fourth-order valence-corrected chi connectivity index (χ4v) is 2.05. The molecule has 23 heavy (non-hydrogen) atoms. The molecule has 0 heterocycles. The Morgan fingerprint density at radius 3 is 2.57 bits per heavy atom. The summed E-state index contributed by atoms with van der Waals surface area (Å²) in [4.78, 5) is 25.8. The van der Waals surface area contributed by atoms with Crippen molar-refractivity contribution in [2.45, 2.75) is 26.7 Å². The minimum Gasteiger partial charge on any atom is -0.382 e. The highest BCUT2D eigenvalue weighted by atomic mass is 16.5. The zero-order valence-electron chi connectivity index (χ0n) is 14.4. The van der Waals surface area contributed by atoms with E-state index in [1.165, 1.54) is 0 Å². The van der Waals surface area contributed by atoms with Gasteiger partial charge in [0.05, 0.1) is 5.56 Å². The highest BCUT2D eigenvalue weighted by Crippen LogP contribution is 2.23. The summed E-state index contributed by atoms with van der Waals surface area (Å²) in [6.07, 6.45) is 1.16. The van der Waals surface area contributed by atoms with Crippen LogP contribution in [0.3, 0.4) is 0 Å². The Kier molecular flexibility index (Phi) is 8.11. The predicted molar refractivity (Wildman–Crippen MR) is 93.1 cm³/mol. The van der Waals surface area contributed by atoms with Gasteiger partial charge < -0.3 is 20.3 Å². The number of ether oxygens (including phenoxy) is 1. The van der Waals surface area contributed by atoms with E-state index in [0.717, 1.165) is 12.1 Å². The van der Waals surface area contributed by atoms with Crippen molar-refractivity contribution in [3.05, 3.63) is 23.8 Å². The average molecular weight is 321 g/mol. The van der Waals surface area contributed by atoms with Gasteiger partial charge in [0.1, 0.15) is 0 Å². The second kappa shape index (κ2) is 9.84. The number of anilines is 2. The van der Waals surface area contributed by atoms with E-state index in [9.17, 15) is 9.59 Å². The molecule has 1 aromatic carbocycles. The first-order chi connectivity index (χ1) is 11.0. The lowest BCUT2D eigenvalue weighted by atomic mass is 10.1. The molecule has 0 spiro atoms. The molecule has 0 atom stereocenters. The number of nitrogens with one attached hydrogen (secondary N) is 2. The Hall–Kier alpha value is -2.08. The highest BCUT2D eigenvalue weighted by molar-refractivity contribution is 6.02. The third kappa shape index (κ3) is 6.28. The molecule has 0 aliphatic rings. The van der Waals surface area contributed by atoms with Crippen molar-refractivity contribution < 1.29 is 14.3 Å². The quantitative estimate of drug-likeness (QED) is 0.685. The number of rotatable bonds is 9. The minimum atomic E-state index is -0.155. The van der Waals surface area contributed by atoms with Gasteiger partial charge >= 0.3 is 0 Å². The van der Waals surface area contributed by atoms with Crippen LogP contribution in [0.1, 0.15) is 37.0 Å². The normalized spacial score (nSPS) is 10.3. The third-order valence-electron chi connectivity index (χ3n) is 3.28. The molecule has 0 saturated heterocycles. The van der Waals surface area contributed by atoms with Gasteiger partial charge in [-0.1, -0.05) is 6.92 Å². The topological polar surface area (TPSA) is 70.7 Å². The van der Waals surface area contributed by atoms with Gasteiger partial charge in [0, 0.05) is 51.6 Å². The number of benzene rings is 1. The molecular formula is C17H27N3O3. The molecular weight excluding hydrogens is 294 g/mol. The summed E-state index contributed by atoms with van der Waals surface area (Å²) in [5, 5.41) is 5.67. The van der Waals surface area contributed by atoms with E-state index in [0.29, 0.717) is 37.4 Å². The molecule has 0 aliphatic carbocycles. The number of carbonyl (C=O) groups excluding carboxylic acids is 2. The van der Waals surface area contributed by atoms with Crippen molar-refractivity contribution in [1.29, 1.82) is 0 Å². The van der Waals surface area contributed by atoms with Crippen molar-refractivity contribution >= 4 is 23.2 Å². The third-order valence-corrected chi connectivity index (χ3v) is 3.28. The summed E-state index contributed by atoms with van der Waals surface area (Å²) in [6.45, 7) is 5.59. The molecule has 1 rings (SSSR count). The zero-order chi connectivity index (χ0) is 17.2. The van der Waals surface area contributed by atoms with E-state index in [1.54, 1.807) is 19.1 Å². The van der Waals surface area contributed by atoms with Crippen LogP contribution in [0, 0.1) is 0 Å². The summed E-state index contributed by atoms with van der Waals surface area (Å²) in [7, 11) is 3.76. The number of hydrogen-bond acceptors (Lipinski definition) is 4. The van der Waals surface area contributed by atoms with E-state index in [4.69, 9.17) is 4.74 Å². The summed E-state index contributed by atoms with van der Waals surface area (Å²) in [5.41, 5.74) is 1.98. The van der Waals surface area contributed by atoms with Gasteiger partial charge in [-0.25, -0.2) is 0 Å². The second-order valence-electron chi connectivity index (χ2n) is 5.33. The van der Waals surface area contributed by atoms with E-state index in [2.05, 4.69) is 10.6 Å². The van der Waals surface area contributed by atoms with Crippen LogP contribution >= 0.6 is 0 Å². The standard InChI is InChI=1S/C17H27N3O3/c1-5-16(21)19-13-8-9-15(20(3)4)14(12-13)17(22)18-10-7-11-23-6-2/h8-9,12H,5-7,10-11H2,1-4H3,(H,18,22)(H,19,21). The zero-order valence-corrected chi connectivity index (χ0v) is 14.4. The molecule has 0 bridgehead atoms. The van der Waals surface area contributed by atoms with Gasteiger partial charge in [-0.05, 0) is 31.5 Å². The van der Waals surface area contributed by atoms with Crippen molar-refractivity contribution in [3.8, 4) is 0 Å². The molecule has 2 N–H and O–H groups in total. The average Bonchev–Trinajstić information content (AvgIpc) is 2.54. The first-order valence-electron chi connectivity index (χ1n) is 7.96. The Morgan fingerprint density at radius 2 is 1.96 bits per heavy atom. The van der Waals surface area contributed by atoms with Gasteiger partial charge in [0.15, 0.2) is 0 Å². The lowest BCUT2D eigenvalue weighted by molar-refractivity contribution is -0.115. The Bertz CT molecular complexity index is 530. The largest absolute Gasteiger partial charge is 0.382 e. The fourth-order valence-electron chi connectivity index (χ4n) is 2.05. The number of amides is 2. The fraction of sp³-hybridized carbons (Fsp3) is 0.529. The van der Waals surface area contributed by atoms with Crippen LogP contribution in [-0.4, -0.2) is 45.7 Å². The van der Waals surface area contributed by atoms with Crippen LogP contribution in [0.2, 0.25) is 0 Å². The molecule has 2 amide bonds. The molecule has 0 fully saturated rings. The van der Waals surface area contributed by atoms with E-state index in [-0.39, 0.29) is 11.8 Å². The van der Waals surface area contributed by atoms with E-state index < -0.39 is 0 Å². The summed E-state index contributed by atoms with van der Waals surface area (Å²) >= 11 is 0. The lowest BCUT2D eigenvalue weighted by Gasteiger charge is -2.18. The summed E-state index contributed by atoms with van der Waals surface area (Å²) in [5.74, 6) is -0.233. The maximum Gasteiger partial charge on any atom is 0.253 e. The Morgan fingerprint density at radius 1 is 1.22 bits per heavy atom. The Labute approximate surface area is 138 Å². The maximum atomic E-state index is 12.4. The van der Waals surface area contributed by atoms with Crippen molar-refractivity contribution in [3.63, 3.8) is 0 Å². The Balaban J connectivity index is 2.81. The van der Waals surface area contributed by atoms with Crippen molar-refractivity contribution in [2.24, 2.45) is 0 Å². The SMILES string of the molecule is CCOCCCNC(=O)c1cc(NC(=O)CC)ccc1N(C)C. The summed E-state index contributed by atoms with van der Waals surface area (Å²) in [6, 6.07) is 5.34. The van der Waals surface area contributed by atoms with Crippen molar-refractivity contribution in [2.75, 3.05) is 44.1 Å². The highest BCUT2D eigenvalue weighted by Gasteiger charge is 2.14. The summed E-state index contributed by atoms with van der Waals surface area (Å²) < 4.78 is 5.25. The van der Waals surface area contributed by atoms with Gasteiger partial charge in [0.25, 0.3) is 5.91 Å². The van der Waals surface area contributed by atoms with Crippen LogP contribution in [-0.2, 0) is 9.53 Å². The maximum absolute atomic E-state index is 12.4. The predicted octanol–water partition coefficient (Wildman–Crippen LogP) is 2.26. The number of nitrogens with zero attached hydrogens (tertiary/aromatic N) is 1. The van der Waals surface area contributed by atoms with Crippen LogP contribution in [0.5, 0.6) is 0 Å². The molecule has 128 valence electrons. The van der Waals surface area contributed by atoms with Crippen LogP contribution in [0.15, 0.2) is 18.2 Å². The molecule has 0 radical (unpaired) electrons. The monoisotopic (exact) mass is 321 g/mol. The molecule has 0 unspecified atom stereocenters.